The van der Waals surface area contributed by atoms with Crippen LogP contribution in [0.1, 0.15) is 30.5 Å². The van der Waals surface area contributed by atoms with Gasteiger partial charge in [-0.1, -0.05) is 55.5 Å². The number of amides is 2. The van der Waals surface area contributed by atoms with E-state index in [0.29, 0.717) is 36.6 Å². The number of carbonyl (C=O) groups is 2. The quantitative estimate of drug-likeness (QED) is 0.168. The lowest BCUT2D eigenvalue weighted by Gasteiger charge is -2.34. The van der Waals surface area contributed by atoms with Crippen molar-refractivity contribution in [1.29, 1.82) is 0 Å². The molecule has 6 rings (SSSR count). The summed E-state index contributed by atoms with van der Waals surface area (Å²) in [5.74, 6) is 1.94. The maximum atomic E-state index is 13.7. The van der Waals surface area contributed by atoms with E-state index in [0.717, 1.165) is 33.5 Å². The van der Waals surface area contributed by atoms with Gasteiger partial charge in [-0.2, -0.15) is 0 Å². The maximum absolute atomic E-state index is 13.7. The minimum absolute atomic E-state index is 0.0249. The molecule has 3 atom stereocenters. The van der Waals surface area contributed by atoms with Crippen molar-refractivity contribution in [1.82, 2.24) is 14.4 Å². The second kappa shape index (κ2) is 15.6. The summed E-state index contributed by atoms with van der Waals surface area (Å²) in [5.41, 5.74) is 4.47. The Balaban J connectivity index is 1.17. The fraction of sp³-hybridized carbons (Fsp3) is 0.317. The van der Waals surface area contributed by atoms with Gasteiger partial charge in [-0.15, -0.1) is 0 Å². The largest absolute Gasteiger partial charge is 0.488 e. The third-order valence-electron chi connectivity index (χ3n) is 9.38. The number of rotatable bonds is 11. The first-order valence-electron chi connectivity index (χ1n) is 17.2. The molecule has 1 aliphatic heterocycles. The summed E-state index contributed by atoms with van der Waals surface area (Å²) in [6.07, 6.45) is 2.07. The highest BCUT2D eigenvalue weighted by Crippen LogP contribution is 2.30. The van der Waals surface area contributed by atoms with Crippen molar-refractivity contribution in [3.8, 4) is 17.2 Å². The average molecular weight is 675 g/mol. The SMILES string of the molecule is C[C@@H]1CN([C@H](C)CO)C(=O)Cc2cc(NC(=O)Cc3cn(C)c4ccccc34)ccc2O[C@@H]1CN(C)Cc1ccc(Oc2ccccc2)cc1. The van der Waals surface area contributed by atoms with Crippen LogP contribution in [0.2, 0.25) is 0 Å². The van der Waals surface area contributed by atoms with Gasteiger partial charge in [0.05, 0.1) is 25.5 Å². The molecule has 5 aromatic rings. The van der Waals surface area contributed by atoms with Gasteiger partial charge < -0.3 is 29.4 Å². The fourth-order valence-electron chi connectivity index (χ4n) is 6.64. The predicted octanol–water partition coefficient (Wildman–Crippen LogP) is 6.43. The highest BCUT2D eigenvalue weighted by Gasteiger charge is 2.31. The Morgan fingerprint density at radius 2 is 1.74 bits per heavy atom. The summed E-state index contributed by atoms with van der Waals surface area (Å²) in [6.45, 7) is 5.58. The van der Waals surface area contributed by atoms with Gasteiger partial charge in [0.25, 0.3) is 0 Å². The Labute approximate surface area is 294 Å². The van der Waals surface area contributed by atoms with E-state index in [1.807, 2.05) is 110 Å². The number of fused-ring (bicyclic) bond motifs is 2. The lowest BCUT2D eigenvalue weighted by atomic mass is 10.0. The molecule has 0 radical (unpaired) electrons. The Hall–Kier alpha value is -5.12. The third-order valence-corrected chi connectivity index (χ3v) is 9.38. The van der Waals surface area contributed by atoms with Gasteiger partial charge in [0.15, 0.2) is 0 Å². The summed E-state index contributed by atoms with van der Waals surface area (Å²) in [7, 11) is 4.04. The number of nitrogens with zero attached hydrogens (tertiary/aromatic N) is 3. The monoisotopic (exact) mass is 674 g/mol. The second-order valence-electron chi connectivity index (χ2n) is 13.5. The van der Waals surface area contributed by atoms with Gasteiger partial charge in [-0.3, -0.25) is 14.5 Å². The number of likely N-dealkylation sites (N-methyl/N-ethyl adjacent to an activating group) is 1. The van der Waals surface area contributed by atoms with Crippen LogP contribution in [0.4, 0.5) is 5.69 Å². The molecule has 0 unspecified atom stereocenters. The molecule has 260 valence electrons. The number of ether oxygens (including phenoxy) is 2. The minimum atomic E-state index is -0.343. The maximum Gasteiger partial charge on any atom is 0.228 e. The first-order chi connectivity index (χ1) is 24.2. The fourth-order valence-corrected chi connectivity index (χ4v) is 6.64. The number of aryl methyl sites for hydroxylation is 1. The number of anilines is 1. The van der Waals surface area contributed by atoms with Crippen molar-refractivity contribution in [2.75, 3.05) is 32.1 Å². The first kappa shape index (κ1) is 34.7. The molecule has 9 nitrogen and oxygen atoms in total. The Kier molecular flexibility index (Phi) is 10.8. The van der Waals surface area contributed by atoms with Crippen LogP contribution in [0, 0.1) is 5.92 Å². The molecule has 50 heavy (non-hydrogen) atoms. The van der Waals surface area contributed by atoms with E-state index >= 15 is 0 Å². The topological polar surface area (TPSA) is 96.3 Å². The Morgan fingerprint density at radius 1 is 1.02 bits per heavy atom. The number of hydrogen-bond donors (Lipinski definition) is 2. The van der Waals surface area contributed by atoms with Crippen LogP contribution < -0.4 is 14.8 Å². The number of nitrogens with one attached hydrogen (secondary N) is 1. The minimum Gasteiger partial charge on any atom is -0.488 e. The van der Waals surface area contributed by atoms with Crippen LogP contribution >= 0.6 is 0 Å². The summed E-state index contributed by atoms with van der Waals surface area (Å²) in [4.78, 5) is 30.9. The Morgan fingerprint density at radius 3 is 2.50 bits per heavy atom. The van der Waals surface area contributed by atoms with E-state index in [1.54, 1.807) is 4.90 Å². The standard InChI is InChI=1S/C41H46N4O5/c1-28-23-45(29(2)27-46)41(48)22-31-20-33(42-40(47)21-32-25-44(4)37-13-9-8-12-36(32)37)16-19-38(31)50-39(28)26-43(3)24-30-14-17-35(18-15-30)49-34-10-6-5-7-11-34/h5-20,25,28-29,39,46H,21-24,26-27H2,1-4H3,(H,42,47)/t28-,29-,39-/m1/s1. The molecule has 2 amide bonds. The Bertz CT molecular complexity index is 1920. The molecule has 9 heteroatoms. The van der Waals surface area contributed by atoms with Gasteiger partial charge in [0, 0.05) is 61.0 Å². The number of carbonyl (C=O) groups excluding carboxylic acids is 2. The van der Waals surface area contributed by atoms with Gasteiger partial charge in [-0.05, 0) is 73.6 Å². The number of benzene rings is 4. The van der Waals surface area contributed by atoms with E-state index in [9.17, 15) is 14.7 Å². The van der Waals surface area contributed by atoms with Gasteiger partial charge in [0.1, 0.15) is 23.4 Å². The van der Waals surface area contributed by atoms with E-state index in [2.05, 4.69) is 36.3 Å². The van der Waals surface area contributed by atoms with Crippen molar-refractivity contribution < 1.29 is 24.2 Å². The molecule has 1 aliphatic rings. The molecule has 0 aliphatic carbocycles. The van der Waals surface area contributed by atoms with E-state index < -0.39 is 0 Å². The average Bonchev–Trinajstić information content (AvgIpc) is 3.44. The van der Waals surface area contributed by atoms with Crippen LogP contribution in [-0.2, 0) is 36.0 Å². The molecule has 0 spiro atoms. The molecular weight excluding hydrogens is 628 g/mol. The van der Waals surface area contributed by atoms with Crippen molar-refractivity contribution >= 4 is 28.4 Å². The summed E-state index contributed by atoms with van der Waals surface area (Å²) in [6, 6.07) is 31.0. The van der Waals surface area contributed by atoms with Crippen molar-refractivity contribution in [3.63, 3.8) is 0 Å². The van der Waals surface area contributed by atoms with E-state index in [-0.39, 0.29) is 49.3 Å². The van der Waals surface area contributed by atoms with Crippen LogP contribution in [-0.4, -0.2) is 70.2 Å². The summed E-state index contributed by atoms with van der Waals surface area (Å²) in [5, 5.41) is 14.1. The zero-order valence-electron chi connectivity index (χ0n) is 29.2. The van der Waals surface area contributed by atoms with E-state index in [1.165, 1.54) is 0 Å². The zero-order valence-corrected chi connectivity index (χ0v) is 29.2. The summed E-state index contributed by atoms with van der Waals surface area (Å²) < 4.78 is 14.7. The van der Waals surface area contributed by atoms with Crippen LogP contribution in [0.3, 0.4) is 0 Å². The van der Waals surface area contributed by atoms with Crippen LogP contribution in [0.25, 0.3) is 10.9 Å². The number of aromatic nitrogens is 1. The van der Waals surface area contributed by atoms with Crippen molar-refractivity contribution in [2.45, 2.75) is 45.4 Å². The molecule has 0 saturated carbocycles. The highest BCUT2D eigenvalue weighted by molar-refractivity contribution is 5.96. The van der Waals surface area contributed by atoms with Crippen molar-refractivity contribution in [2.24, 2.45) is 13.0 Å². The third kappa shape index (κ3) is 8.35. The lowest BCUT2D eigenvalue weighted by molar-refractivity contribution is -0.134. The number of aliphatic hydroxyl groups is 1. The van der Waals surface area contributed by atoms with Crippen LogP contribution in [0.5, 0.6) is 17.2 Å². The molecule has 4 aromatic carbocycles. The molecule has 0 bridgehead atoms. The van der Waals surface area contributed by atoms with Gasteiger partial charge in [0.2, 0.25) is 11.8 Å². The van der Waals surface area contributed by atoms with Crippen LogP contribution in [0.15, 0.2) is 103 Å². The molecule has 1 aromatic heterocycles. The lowest BCUT2D eigenvalue weighted by Crippen LogP contribution is -2.47. The second-order valence-corrected chi connectivity index (χ2v) is 13.5. The first-order valence-corrected chi connectivity index (χ1v) is 17.2. The summed E-state index contributed by atoms with van der Waals surface area (Å²) >= 11 is 0. The number of para-hydroxylation sites is 2. The highest BCUT2D eigenvalue weighted by atomic mass is 16.5. The number of aliphatic hydroxyl groups excluding tert-OH is 1. The molecule has 2 N–H and O–H groups in total. The van der Waals surface area contributed by atoms with E-state index in [4.69, 9.17) is 9.47 Å². The predicted molar refractivity (Wildman–Crippen MR) is 197 cm³/mol. The molecule has 2 heterocycles. The molecular formula is C41H46N4O5. The van der Waals surface area contributed by atoms with Crippen molar-refractivity contribution in [3.05, 3.63) is 120 Å². The number of hydrogen-bond acceptors (Lipinski definition) is 6. The van der Waals surface area contributed by atoms with Gasteiger partial charge in [-0.25, -0.2) is 0 Å². The smallest absolute Gasteiger partial charge is 0.228 e. The zero-order chi connectivity index (χ0) is 35.2. The molecule has 0 saturated heterocycles. The normalized spacial score (nSPS) is 17.0. The molecule has 0 fully saturated rings. The van der Waals surface area contributed by atoms with Gasteiger partial charge >= 0.3 is 0 Å².